The van der Waals surface area contributed by atoms with Crippen molar-refractivity contribution >= 4 is 16.6 Å². The summed E-state index contributed by atoms with van der Waals surface area (Å²) in [4.78, 5) is 4.45. The molecule has 1 aliphatic rings. The monoisotopic (exact) mass is 271 g/mol. The first-order chi connectivity index (χ1) is 9.86. The Hall–Kier alpha value is -1.81. The molecule has 0 radical (unpaired) electrons. The van der Waals surface area contributed by atoms with Crippen LogP contribution in [0.2, 0.25) is 0 Å². The molecule has 4 nitrogen and oxygen atoms in total. The highest BCUT2D eigenvalue weighted by Crippen LogP contribution is 2.25. The summed E-state index contributed by atoms with van der Waals surface area (Å²) >= 11 is 0. The molecule has 2 aromatic rings. The molecule has 1 saturated heterocycles. The van der Waals surface area contributed by atoms with Crippen LogP contribution in [0.4, 0.5) is 5.82 Å². The fraction of sp³-hybridized carbons (Fsp3) is 0.438. The van der Waals surface area contributed by atoms with E-state index in [0.29, 0.717) is 6.04 Å². The molecule has 1 aromatic carbocycles. The molecular weight excluding hydrogens is 250 g/mol. The lowest BCUT2D eigenvalue weighted by atomic mass is 10.1. The molecule has 1 aromatic heterocycles. The highest BCUT2D eigenvalue weighted by Gasteiger charge is 2.13. The van der Waals surface area contributed by atoms with Gasteiger partial charge in [-0.2, -0.15) is 0 Å². The minimum absolute atomic E-state index is 0.664. The molecule has 0 spiro atoms. The lowest BCUT2D eigenvalue weighted by molar-refractivity contribution is 0.415. The SMILES string of the molecule is COc1ccc2c(NCC[C@H]3CCCN3)nccc2c1. The first-order valence-corrected chi connectivity index (χ1v) is 7.27. The molecule has 1 fully saturated rings. The number of hydrogen-bond donors (Lipinski definition) is 2. The summed E-state index contributed by atoms with van der Waals surface area (Å²) in [5.74, 6) is 1.84. The van der Waals surface area contributed by atoms with Crippen LogP contribution in [0.3, 0.4) is 0 Å². The van der Waals surface area contributed by atoms with Crippen molar-refractivity contribution in [2.24, 2.45) is 0 Å². The van der Waals surface area contributed by atoms with Crippen molar-refractivity contribution in [3.8, 4) is 5.75 Å². The number of benzene rings is 1. The van der Waals surface area contributed by atoms with Gasteiger partial charge in [-0.05, 0) is 55.5 Å². The Kier molecular flexibility index (Phi) is 4.02. The summed E-state index contributed by atoms with van der Waals surface area (Å²) in [6.07, 6.45) is 5.59. The van der Waals surface area contributed by atoms with Crippen LogP contribution in [0.25, 0.3) is 10.8 Å². The molecular formula is C16H21N3O. The minimum atomic E-state index is 0.664. The maximum absolute atomic E-state index is 5.26. The second kappa shape index (κ2) is 6.09. The lowest BCUT2D eigenvalue weighted by Crippen LogP contribution is -2.24. The van der Waals surface area contributed by atoms with Crippen molar-refractivity contribution in [1.29, 1.82) is 0 Å². The third-order valence-electron chi connectivity index (χ3n) is 3.92. The largest absolute Gasteiger partial charge is 0.497 e. The van der Waals surface area contributed by atoms with Gasteiger partial charge in [0, 0.05) is 24.2 Å². The second-order valence-corrected chi connectivity index (χ2v) is 5.26. The van der Waals surface area contributed by atoms with Gasteiger partial charge in [0.15, 0.2) is 0 Å². The molecule has 20 heavy (non-hydrogen) atoms. The smallest absolute Gasteiger partial charge is 0.133 e. The molecule has 0 saturated carbocycles. The Morgan fingerprint density at radius 1 is 1.40 bits per heavy atom. The number of aromatic nitrogens is 1. The number of hydrogen-bond acceptors (Lipinski definition) is 4. The van der Waals surface area contributed by atoms with Gasteiger partial charge < -0.3 is 15.4 Å². The number of fused-ring (bicyclic) bond motifs is 1. The fourth-order valence-corrected chi connectivity index (χ4v) is 2.79. The molecule has 3 rings (SSSR count). The number of nitrogens with one attached hydrogen (secondary N) is 2. The number of rotatable bonds is 5. The van der Waals surface area contributed by atoms with E-state index in [1.807, 2.05) is 24.4 Å². The zero-order chi connectivity index (χ0) is 13.8. The number of methoxy groups -OCH3 is 1. The first kappa shape index (κ1) is 13.2. The molecule has 106 valence electrons. The Labute approximate surface area is 119 Å². The average molecular weight is 271 g/mol. The van der Waals surface area contributed by atoms with Gasteiger partial charge in [0.2, 0.25) is 0 Å². The van der Waals surface area contributed by atoms with Crippen molar-refractivity contribution in [2.75, 3.05) is 25.5 Å². The summed E-state index contributed by atoms with van der Waals surface area (Å²) in [6.45, 7) is 2.12. The van der Waals surface area contributed by atoms with E-state index in [2.05, 4.69) is 21.7 Å². The Morgan fingerprint density at radius 3 is 3.15 bits per heavy atom. The van der Waals surface area contributed by atoms with E-state index in [-0.39, 0.29) is 0 Å². The van der Waals surface area contributed by atoms with Crippen LogP contribution < -0.4 is 15.4 Å². The van der Waals surface area contributed by atoms with E-state index in [1.165, 1.54) is 12.8 Å². The van der Waals surface area contributed by atoms with E-state index in [9.17, 15) is 0 Å². The van der Waals surface area contributed by atoms with Gasteiger partial charge in [0.25, 0.3) is 0 Å². The highest BCUT2D eigenvalue weighted by molar-refractivity contribution is 5.92. The molecule has 2 heterocycles. The highest BCUT2D eigenvalue weighted by atomic mass is 16.5. The summed E-state index contributed by atoms with van der Waals surface area (Å²) < 4.78 is 5.26. The predicted molar refractivity (Wildman–Crippen MR) is 82.4 cm³/mol. The standard InChI is InChI=1S/C16H21N3O/c1-20-14-4-5-15-12(11-14)6-9-18-16(15)19-10-7-13-3-2-8-17-13/h4-6,9,11,13,17H,2-3,7-8,10H2,1H3,(H,18,19)/t13-/m1/s1. The fourth-order valence-electron chi connectivity index (χ4n) is 2.79. The van der Waals surface area contributed by atoms with Crippen LogP contribution in [0, 0.1) is 0 Å². The van der Waals surface area contributed by atoms with Gasteiger partial charge in [-0.25, -0.2) is 4.98 Å². The van der Waals surface area contributed by atoms with Crippen molar-refractivity contribution in [3.63, 3.8) is 0 Å². The third-order valence-corrected chi connectivity index (χ3v) is 3.92. The summed E-state index contributed by atoms with van der Waals surface area (Å²) in [7, 11) is 1.69. The Bertz CT molecular complexity index is 579. The van der Waals surface area contributed by atoms with E-state index < -0.39 is 0 Å². The van der Waals surface area contributed by atoms with Crippen molar-refractivity contribution in [2.45, 2.75) is 25.3 Å². The number of pyridine rings is 1. The van der Waals surface area contributed by atoms with Crippen LogP contribution in [-0.2, 0) is 0 Å². The molecule has 0 unspecified atom stereocenters. The van der Waals surface area contributed by atoms with Crippen molar-refractivity contribution < 1.29 is 4.74 Å². The topological polar surface area (TPSA) is 46.2 Å². The van der Waals surface area contributed by atoms with Crippen LogP contribution in [0.1, 0.15) is 19.3 Å². The molecule has 2 N–H and O–H groups in total. The zero-order valence-corrected chi connectivity index (χ0v) is 11.9. The average Bonchev–Trinajstić information content (AvgIpc) is 3.00. The summed E-state index contributed by atoms with van der Waals surface area (Å²) in [5.41, 5.74) is 0. The maximum atomic E-state index is 5.26. The van der Waals surface area contributed by atoms with Crippen LogP contribution in [0.5, 0.6) is 5.75 Å². The van der Waals surface area contributed by atoms with Gasteiger partial charge in [0.1, 0.15) is 11.6 Å². The Morgan fingerprint density at radius 2 is 2.35 bits per heavy atom. The van der Waals surface area contributed by atoms with Gasteiger partial charge in [-0.3, -0.25) is 0 Å². The van der Waals surface area contributed by atoms with Gasteiger partial charge in [0.05, 0.1) is 7.11 Å². The number of anilines is 1. The van der Waals surface area contributed by atoms with E-state index in [4.69, 9.17) is 4.74 Å². The van der Waals surface area contributed by atoms with Crippen LogP contribution >= 0.6 is 0 Å². The predicted octanol–water partition coefficient (Wildman–Crippen LogP) is 2.80. The van der Waals surface area contributed by atoms with Crippen LogP contribution in [0.15, 0.2) is 30.5 Å². The lowest BCUT2D eigenvalue weighted by Gasteiger charge is -2.12. The molecule has 1 aliphatic heterocycles. The normalized spacial score (nSPS) is 18.4. The van der Waals surface area contributed by atoms with Gasteiger partial charge >= 0.3 is 0 Å². The quantitative estimate of drug-likeness (QED) is 0.878. The summed E-state index contributed by atoms with van der Waals surface area (Å²) in [6, 6.07) is 8.77. The first-order valence-electron chi connectivity index (χ1n) is 7.27. The number of ether oxygens (including phenoxy) is 1. The third kappa shape index (κ3) is 2.85. The maximum Gasteiger partial charge on any atom is 0.133 e. The summed E-state index contributed by atoms with van der Waals surface area (Å²) in [5, 5.41) is 9.28. The van der Waals surface area contributed by atoms with Crippen molar-refractivity contribution in [1.82, 2.24) is 10.3 Å². The number of nitrogens with zero attached hydrogens (tertiary/aromatic N) is 1. The van der Waals surface area contributed by atoms with Crippen LogP contribution in [-0.4, -0.2) is 31.2 Å². The van der Waals surface area contributed by atoms with Gasteiger partial charge in [-0.15, -0.1) is 0 Å². The molecule has 0 amide bonds. The van der Waals surface area contributed by atoms with Gasteiger partial charge in [-0.1, -0.05) is 0 Å². The molecule has 0 bridgehead atoms. The Balaban J connectivity index is 1.70. The van der Waals surface area contributed by atoms with E-state index >= 15 is 0 Å². The van der Waals surface area contributed by atoms with E-state index in [0.717, 1.165) is 41.9 Å². The molecule has 4 heteroatoms. The molecule has 1 atom stereocenters. The minimum Gasteiger partial charge on any atom is -0.497 e. The van der Waals surface area contributed by atoms with Crippen molar-refractivity contribution in [3.05, 3.63) is 30.5 Å². The van der Waals surface area contributed by atoms with E-state index in [1.54, 1.807) is 7.11 Å². The molecule has 0 aliphatic carbocycles. The zero-order valence-electron chi connectivity index (χ0n) is 11.9. The second-order valence-electron chi connectivity index (χ2n) is 5.26.